The molecule has 0 radical (unpaired) electrons. The van der Waals surface area contributed by atoms with Crippen molar-refractivity contribution in [2.75, 3.05) is 25.1 Å². The van der Waals surface area contributed by atoms with Gasteiger partial charge in [-0.15, -0.1) is 6.58 Å². The summed E-state index contributed by atoms with van der Waals surface area (Å²) in [6.07, 6.45) is 7.55. The second kappa shape index (κ2) is 6.08. The molecule has 2 aliphatic heterocycles. The molecule has 3 heteroatoms. The third kappa shape index (κ3) is 3.02. The first kappa shape index (κ1) is 12.5. The molecule has 0 amide bonds. The first-order valence-corrected chi connectivity index (χ1v) is 7.60. The zero-order valence-electron chi connectivity index (χ0n) is 10.3. The molecule has 0 saturated carbocycles. The summed E-state index contributed by atoms with van der Waals surface area (Å²) in [7, 11) is 2.30. The number of hydrogen-bond donors (Lipinski definition) is 1. The van der Waals surface area contributed by atoms with Crippen LogP contribution in [0.2, 0.25) is 0 Å². The number of rotatable bonds is 6. The van der Waals surface area contributed by atoms with Crippen LogP contribution in [0.15, 0.2) is 12.7 Å². The maximum Gasteiger partial charge on any atom is 0.0111 e. The van der Waals surface area contributed by atoms with Gasteiger partial charge in [-0.3, -0.25) is 0 Å². The van der Waals surface area contributed by atoms with Crippen LogP contribution < -0.4 is 5.32 Å². The van der Waals surface area contributed by atoms with Crippen molar-refractivity contribution < 1.29 is 0 Å². The number of hydrogen-bond acceptors (Lipinski definition) is 3. The van der Waals surface area contributed by atoms with Gasteiger partial charge in [-0.05, 0) is 32.7 Å². The summed E-state index contributed by atoms with van der Waals surface area (Å²) in [6, 6.07) is 2.49. The molecule has 0 aliphatic carbocycles. The van der Waals surface area contributed by atoms with E-state index in [1.807, 2.05) is 17.8 Å². The number of piperidine rings is 1. The van der Waals surface area contributed by atoms with Crippen molar-refractivity contribution in [3.63, 3.8) is 0 Å². The Labute approximate surface area is 104 Å². The van der Waals surface area contributed by atoms with E-state index in [2.05, 4.69) is 23.8 Å². The van der Waals surface area contributed by atoms with Crippen LogP contribution in [0, 0.1) is 0 Å². The minimum Gasteiger partial charge on any atom is -0.313 e. The minimum absolute atomic E-state index is 0.776. The predicted octanol–water partition coefficient (Wildman–Crippen LogP) is 2.12. The average Bonchev–Trinajstić information content (AvgIpc) is 2.54. The topological polar surface area (TPSA) is 15.3 Å². The summed E-state index contributed by atoms with van der Waals surface area (Å²) in [4.78, 5) is 2.60. The van der Waals surface area contributed by atoms with E-state index in [1.54, 1.807) is 0 Å². The highest BCUT2D eigenvalue weighted by Crippen LogP contribution is 2.34. The molecule has 92 valence electrons. The Kier molecular flexibility index (Phi) is 4.74. The van der Waals surface area contributed by atoms with E-state index in [4.69, 9.17) is 0 Å². The monoisotopic (exact) mass is 240 g/mol. The lowest BCUT2D eigenvalue weighted by molar-refractivity contribution is 0.150. The van der Waals surface area contributed by atoms with Gasteiger partial charge >= 0.3 is 0 Å². The number of fused-ring (bicyclic) bond motifs is 2. The van der Waals surface area contributed by atoms with E-state index < -0.39 is 0 Å². The van der Waals surface area contributed by atoms with E-state index in [0.717, 1.165) is 30.4 Å². The van der Waals surface area contributed by atoms with Gasteiger partial charge in [0.2, 0.25) is 0 Å². The Morgan fingerprint density at radius 3 is 2.69 bits per heavy atom. The van der Waals surface area contributed by atoms with Gasteiger partial charge in [0.05, 0.1) is 0 Å². The Morgan fingerprint density at radius 1 is 1.38 bits per heavy atom. The van der Waals surface area contributed by atoms with Crippen LogP contribution in [-0.4, -0.2) is 48.1 Å². The van der Waals surface area contributed by atoms with Crippen LogP contribution in [0.5, 0.6) is 0 Å². The van der Waals surface area contributed by atoms with E-state index in [1.165, 1.54) is 31.4 Å². The minimum atomic E-state index is 0.776. The zero-order chi connectivity index (χ0) is 11.4. The summed E-state index contributed by atoms with van der Waals surface area (Å²) in [5.41, 5.74) is 0. The Hall–Kier alpha value is 0.01000. The van der Waals surface area contributed by atoms with Crippen molar-refractivity contribution in [1.82, 2.24) is 10.2 Å². The second-order valence-electron chi connectivity index (χ2n) is 5.04. The van der Waals surface area contributed by atoms with Gasteiger partial charge in [0.1, 0.15) is 0 Å². The highest BCUT2D eigenvalue weighted by Gasteiger charge is 2.37. The summed E-state index contributed by atoms with van der Waals surface area (Å²) in [6.45, 7) is 4.90. The number of nitrogens with zero attached hydrogens (tertiary/aromatic N) is 1. The molecule has 2 unspecified atom stereocenters. The first-order valence-electron chi connectivity index (χ1n) is 6.45. The molecule has 2 aliphatic rings. The van der Waals surface area contributed by atoms with Crippen molar-refractivity contribution in [2.24, 2.45) is 0 Å². The van der Waals surface area contributed by atoms with Crippen LogP contribution in [-0.2, 0) is 0 Å². The molecule has 2 fully saturated rings. The van der Waals surface area contributed by atoms with Crippen molar-refractivity contribution in [1.29, 1.82) is 0 Å². The SMILES string of the molecule is C=CCSCCNC1CC2CCC(C1)N2C. The van der Waals surface area contributed by atoms with Crippen molar-refractivity contribution in [3.05, 3.63) is 12.7 Å². The smallest absolute Gasteiger partial charge is 0.0111 e. The third-order valence-corrected chi connectivity index (χ3v) is 4.98. The van der Waals surface area contributed by atoms with E-state index in [-0.39, 0.29) is 0 Å². The molecule has 2 atom stereocenters. The van der Waals surface area contributed by atoms with Gasteiger partial charge in [-0.1, -0.05) is 6.08 Å². The maximum atomic E-state index is 3.74. The van der Waals surface area contributed by atoms with E-state index in [9.17, 15) is 0 Å². The lowest BCUT2D eigenvalue weighted by Gasteiger charge is -2.36. The van der Waals surface area contributed by atoms with Gasteiger partial charge in [0.15, 0.2) is 0 Å². The molecule has 2 rings (SSSR count). The molecule has 2 heterocycles. The van der Waals surface area contributed by atoms with E-state index >= 15 is 0 Å². The van der Waals surface area contributed by atoms with Crippen LogP contribution >= 0.6 is 11.8 Å². The maximum absolute atomic E-state index is 3.74. The van der Waals surface area contributed by atoms with Gasteiger partial charge in [0.25, 0.3) is 0 Å². The molecular weight excluding hydrogens is 216 g/mol. The van der Waals surface area contributed by atoms with Crippen molar-refractivity contribution in [2.45, 2.75) is 43.8 Å². The standard InChI is InChI=1S/C13H24N2S/c1-3-7-16-8-6-14-11-9-12-4-5-13(10-11)15(12)2/h3,11-14H,1,4-10H2,2H3. The predicted molar refractivity (Wildman–Crippen MR) is 73.1 cm³/mol. The van der Waals surface area contributed by atoms with Crippen LogP contribution in [0.1, 0.15) is 25.7 Å². The summed E-state index contributed by atoms with van der Waals surface area (Å²) < 4.78 is 0. The highest BCUT2D eigenvalue weighted by molar-refractivity contribution is 7.99. The number of thioether (sulfide) groups is 1. The molecule has 0 aromatic rings. The van der Waals surface area contributed by atoms with Gasteiger partial charge in [-0.2, -0.15) is 11.8 Å². The van der Waals surface area contributed by atoms with Gasteiger partial charge in [-0.25, -0.2) is 0 Å². The normalized spacial score (nSPS) is 34.2. The zero-order valence-corrected chi connectivity index (χ0v) is 11.1. The molecule has 2 bridgehead atoms. The van der Waals surface area contributed by atoms with Crippen molar-refractivity contribution >= 4 is 11.8 Å². The fourth-order valence-electron chi connectivity index (χ4n) is 3.08. The molecule has 1 N–H and O–H groups in total. The lowest BCUT2D eigenvalue weighted by atomic mass is 9.98. The van der Waals surface area contributed by atoms with E-state index in [0.29, 0.717) is 0 Å². The molecular formula is C13H24N2S. The Morgan fingerprint density at radius 2 is 2.06 bits per heavy atom. The molecule has 2 nitrogen and oxygen atoms in total. The van der Waals surface area contributed by atoms with Crippen LogP contribution in [0.25, 0.3) is 0 Å². The summed E-state index contributed by atoms with van der Waals surface area (Å²) >= 11 is 1.97. The molecule has 2 saturated heterocycles. The Bertz CT molecular complexity index is 218. The molecule has 0 aromatic carbocycles. The van der Waals surface area contributed by atoms with Crippen molar-refractivity contribution in [3.8, 4) is 0 Å². The highest BCUT2D eigenvalue weighted by atomic mass is 32.2. The molecule has 0 aromatic heterocycles. The fraction of sp³-hybridized carbons (Fsp3) is 0.846. The number of nitrogens with one attached hydrogen (secondary N) is 1. The molecule has 16 heavy (non-hydrogen) atoms. The Balaban J connectivity index is 1.63. The fourth-order valence-corrected chi connectivity index (χ4v) is 3.68. The summed E-state index contributed by atoms with van der Waals surface area (Å²) in [5.74, 6) is 2.30. The quantitative estimate of drug-likeness (QED) is 0.565. The second-order valence-corrected chi connectivity index (χ2v) is 6.19. The average molecular weight is 240 g/mol. The van der Waals surface area contributed by atoms with Crippen LogP contribution in [0.3, 0.4) is 0 Å². The van der Waals surface area contributed by atoms with Crippen LogP contribution in [0.4, 0.5) is 0 Å². The summed E-state index contributed by atoms with van der Waals surface area (Å²) in [5, 5.41) is 3.72. The third-order valence-electron chi connectivity index (χ3n) is 4.01. The first-order chi connectivity index (χ1) is 7.81. The van der Waals surface area contributed by atoms with Gasteiger partial charge in [0, 0.05) is 36.2 Å². The van der Waals surface area contributed by atoms with Gasteiger partial charge < -0.3 is 10.2 Å². The molecule has 0 spiro atoms. The lowest BCUT2D eigenvalue weighted by Crippen LogP contribution is -2.47. The largest absolute Gasteiger partial charge is 0.313 e.